The van der Waals surface area contributed by atoms with Crippen LogP contribution in [0.15, 0.2) is 24.3 Å². The molecule has 0 saturated carbocycles. The first-order chi connectivity index (χ1) is 14.9. The quantitative estimate of drug-likeness (QED) is 0.558. The Bertz CT molecular complexity index is 955. The van der Waals surface area contributed by atoms with Gasteiger partial charge in [0, 0.05) is 17.7 Å². The first kappa shape index (κ1) is 25.0. The van der Waals surface area contributed by atoms with E-state index >= 15 is 0 Å². The number of aryl methyl sites for hydroxylation is 1. The van der Waals surface area contributed by atoms with Gasteiger partial charge in [0.2, 0.25) is 11.8 Å². The Balaban J connectivity index is 2.03. The first-order valence-electron chi connectivity index (χ1n) is 9.62. The van der Waals surface area contributed by atoms with Crippen LogP contribution in [0.1, 0.15) is 48.6 Å². The molecule has 0 aromatic carbocycles. The summed E-state index contributed by atoms with van der Waals surface area (Å²) < 4.78 is 54.6. The van der Waals surface area contributed by atoms with Gasteiger partial charge in [-0.2, -0.15) is 8.78 Å². The van der Waals surface area contributed by atoms with E-state index < -0.39 is 36.8 Å². The van der Waals surface area contributed by atoms with Gasteiger partial charge in [0.1, 0.15) is 5.82 Å². The molecule has 174 valence electrons. The smallest absolute Gasteiger partial charge is 0.340 e. The van der Waals surface area contributed by atoms with E-state index in [1.54, 1.807) is 39.8 Å². The number of amides is 2. The van der Waals surface area contributed by atoms with E-state index in [9.17, 15) is 27.2 Å². The second-order valence-electron chi connectivity index (χ2n) is 7.37. The van der Waals surface area contributed by atoms with Crippen molar-refractivity contribution >= 4 is 17.6 Å². The van der Waals surface area contributed by atoms with Gasteiger partial charge in [-0.15, -0.1) is 10.2 Å². The summed E-state index contributed by atoms with van der Waals surface area (Å²) >= 11 is 0. The highest BCUT2D eigenvalue weighted by atomic mass is 19.3. The molecular formula is C20H23F4N5O3. The van der Waals surface area contributed by atoms with E-state index in [0.29, 0.717) is 17.1 Å². The molecule has 0 saturated heterocycles. The zero-order chi connectivity index (χ0) is 24.1. The number of nitrogens with zero attached hydrogens (tertiary/aromatic N) is 3. The molecule has 12 heteroatoms. The topological polar surface area (TPSA) is 106 Å². The number of hydrogen-bond acceptors (Lipinski definition) is 6. The summed E-state index contributed by atoms with van der Waals surface area (Å²) in [5.74, 6) is -5.45. The number of nitrogens with one attached hydrogen (secondary N) is 2. The highest BCUT2D eigenvalue weighted by Gasteiger charge is 2.41. The largest absolute Gasteiger partial charge is 0.470 e. The number of halogens is 4. The summed E-state index contributed by atoms with van der Waals surface area (Å²) in [6.45, 7) is 5.37. The molecule has 2 heterocycles. The van der Waals surface area contributed by atoms with Crippen molar-refractivity contribution in [2.24, 2.45) is 5.92 Å². The fourth-order valence-corrected chi connectivity index (χ4v) is 2.39. The van der Waals surface area contributed by atoms with Crippen LogP contribution in [-0.2, 0) is 4.79 Å². The van der Waals surface area contributed by atoms with E-state index in [1.165, 1.54) is 0 Å². The van der Waals surface area contributed by atoms with Gasteiger partial charge < -0.3 is 15.4 Å². The maximum absolute atomic E-state index is 12.9. The van der Waals surface area contributed by atoms with E-state index in [4.69, 9.17) is 0 Å². The second kappa shape index (κ2) is 10.3. The fraction of sp³-hybridized carbons (Fsp3) is 0.450. The Morgan fingerprint density at radius 1 is 1.12 bits per heavy atom. The van der Waals surface area contributed by atoms with Gasteiger partial charge in [0.25, 0.3) is 5.91 Å². The van der Waals surface area contributed by atoms with Crippen molar-refractivity contribution in [2.75, 3.05) is 11.9 Å². The molecule has 2 amide bonds. The molecule has 8 nitrogen and oxygen atoms in total. The third-order valence-corrected chi connectivity index (χ3v) is 4.20. The third-order valence-electron chi connectivity index (χ3n) is 4.20. The number of carbonyl (C=O) groups excluding carboxylic acids is 2. The van der Waals surface area contributed by atoms with Crippen molar-refractivity contribution in [1.29, 1.82) is 0 Å². The third kappa shape index (κ3) is 6.86. The SMILES string of the molecule is Cc1cc(C(C)NC(=O)c2ccc(OCC(F)(F)C(F)F)nn2)cc(NC(=O)C(C)C)n1. The maximum Gasteiger partial charge on any atom is 0.340 e. The van der Waals surface area contributed by atoms with Crippen LogP contribution in [0.5, 0.6) is 5.88 Å². The normalized spacial score (nSPS) is 12.6. The Kier molecular flexibility index (Phi) is 8.06. The van der Waals surface area contributed by atoms with Crippen LogP contribution >= 0.6 is 0 Å². The van der Waals surface area contributed by atoms with E-state index in [1.807, 2.05) is 0 Å². The number of rotatable bonds is 9. The molecule has 2 N–H and O–H groups in total. The van der Waals surface area contributed by atoms with Crippen molar-refractivity contribution in [1.82, 2.24) is 20.5 Å². The lowest BCUT2D eigenvalue weighted by Crippen LogP contribution is -2.34. The predicted molar refractivity (Wildman–Crippen MR) is 107 cm³/mol. The molecule has 1 unspecified atom stereocenters. The van der Waals surface area contributed by atoms with E-state index in [0.717, 1.165) is 12.1 Å². The van der Waals surface area contributed by atoms with E-state index in [2.05, 4.69) is 30.6 Å². The molecule has 2 aromatic heterocycles. The van der Waals surface area contributed by atoms with Crippen molar-refractivity contribution < 1.29 is 31.9 Å². The molecule has 0 fully saturated rings. The molecule has 0 aliphatic carbocycles. The summed E-state index contributed by atoms with van der Waals surface area (Å²) in [6, 6.07) is 5.11. The fourth-order valence-electron chi connectivity index (χ4n) is 2.39. The number of aromatic nitrogens is 3. The van der Waals surface area contributed by atoms with Crippen molar-refractivity contribution in [3.63, 3.8) is 0 Å². The lowest BCUT2D eigenvalue weighted by Gasteiger charge is -2.17. The Morgan fingerprint density at radius 2 is 1.81 bits per heavy atom. The summed E-state index contributed by atoms with van der Waals surface area (Å²) in [6.07, 6.45) is -3.88. The van der Waals surface area contributed by atoms with Crippen LogP contribution < -0.4 is 15.4 Å². The minimum atomic E-state index is -4.33. The molecule has 0 radical (unpaired) electrons. The Morgan fingerprint density at radius 3 is 2.38 bits per heavy atom. The maximum atomic E-state index is 12.9. The lowest BCUT2D eigenvalue weighted by molar-refractivity contribution is -0.148. The molecule has 0 spiro atoms. The van der Waals surface area contributed by atoms with Crippen molar-refractivity contribution in [2.45, 2.75) is 46.1 Å². The molecule has 0 aliphatic rings. The van der Waals surface area contributed by atoms with Gasteiger partial charge in [-0.05, 0) is 37.6 Å². The number of hydrogen-bond donors (Lipinski definition) is 2. The van der Waals surface area contributed by atoms with Crippen molar-refractivity contribution in [3.05, 3.63) is 41.2 Å². The van der Waals surface area contributed by atoms with Gasteiger partial charge >= 0.3 is 12.3 Å². The van der Waals surface area contributed by atoms with Crippen LogP contribution in [0.25, 0.3) is 0 Å². The molecule has 0 aliphatic heterocycles. The number of anilines is 1. The van der Waals surface area contributed by atoms with Gasteiger partial charge in [-0.3, -0.25) is 9.59 Å². The summed E-state index contributed by atoms with van der Waals surface area (Å²) in [5.41, 5.74) is 1.17. The number of alkyl halides is 4. The molecule has 32 heavy (non-hydrogen) atoms. The van der Waals surface area contributed by atoms with Gasteiger partial charge in [0.05, 0.1) is 6.04 Å². The number of ether oxygens (including phenoxy) is 1. The van der Waals surface area contributed by atoms with Crippen LogP contribution in [0.3, 0.4) is 0 Å². The molecule has 2 aromatic rings. The van der Waals surface area contributed by atoms with Crippen LogP contribution in [0, 0.1) is 12.8 Å². The highest BCUT2D eigenvalue weighted by Crippen LogP contribution is 2.23. The highest BCUT2D eigenvalue weighted by molar-refractivity contribution is 5.92. The first-order valence-corrected chi connectivity index (χ1v) is 9.62. The monoisotopic (exact) mass is 457 g/mol. The summed E-state index contributed by atoms with van der Waals surface area (Å²) in [4.78, 5) is 28.6. The number of pyridine rings is 1. The van der Waals surface area contributed by atoms with Crippen LogP contribution in [-0.4, -0.2) is 46.0 Å². The average Bonchev–Trinajstić information content (AvgIpc) is 2.72. The van der Waals surface area contributed by atoms with Crippen LogP contribution in [0.4, 0.5) is 23.4 Å². The van der Waals surface area contributed by atoms with Gasteiger partial charge in [-0.25, -0.2) is 13.8 Å². The Hall–Kier alpha value is -3.31. The number of carbonyl (C=O) groups is 2. The summed E-state index contributed by atoms with van der Waals surface area (Å²) in [5, 5.41) is 12.4. The van der Waals surface area contributed by atoms with Crippen molar-refractivity contribution in [3.8, 4) is 5.88 Å². The molecule has 0 bridgehead atoms. The van der Waals surface area contributed by atoms with E-state index in [-0.39, 0.29) is 17.5 Å². The zero-order valence-corrected chi connectivity index (χ0v) is 17.8. The average molecular weight is 457 g/mol. The van der Waals surface area contributed by atoms with Gasteiger partial charge in [-0.1, -0.05) is 13.8 Å². The molecular weight excluding hydrogens is 434 g/mol. The molecule has 1 atom stereocenters. The second-order valence-corrected chi connectivity index (χ2v) is 7.37. The van der Waals surface area contributed by atoms with Gasteiger partial charge in [0.15, 0.2) is 12.3 Å². The Labute approximate surface area is 181 Å². The standard InChI is InChI=1S/C20H23F4N5O3/c1-10(2)17(30)27-15-8-13(7-11(3)25-15)12(4)26-18(31)14-5-6-16(29-28-14)32-9-20(23,24)19(21)22/h5-8,10,12,19H,9H2,1-4H3,(H,26,31)(H,25,27,30). The minimum absolute atomic E-state index is 0.135. The minimum Gasteiger partial charge on any atom is -0.470 e. The van der Waals surface area contributed by atoms with Crippen LogP contribution in [0.2, 0.25) is 0 Å². The summed E-state index contributed by atoms with van der Waals surface area (Å²) in [7, 11) is 0. The lowest BCUT2D eigenvalue weighted by atomic mass is 10.1. The molecule has 2 rings (SSSR count). The predicted octanol–water partition coefficient (Wildman–Crippen LogP) is 3.54. The zero-order valence-electron chi connectivity index (χ0n) is 17.8.